The molecule has 0 radical (unpaired) electrons. The number of aromatic nitrogens is 4. The van der Waals surface area contributed by atoms with Gasteiger partial charge in [-0.2, -0.15) is 31.4 Å². The van der Waals surface area contributed by atoms with Crippen molar-refractivity contribution < 1.29 is 31.1 Å². The molecule has 0 aliphatic heterocycles. The molecular formula is C22H15F6N5OS. The van der Waals surface area contributed by atoms with Crippen molar-refractivity contribution in [1.29, 1.82) is 0 Å². The Morgan fingerprint density at radius 3 is 2.23 bits per heavy atom. The Morgan fingerprint density at radius 2 is 1.60 bits per heavy atom. The number of carbonyl (C=O) groups is 1. The smallest absolute Gasteiger partial charge is 0.325 e. The quantitative estimate of drug-likeness (QED) is 0.206. The lowest BCUT2D eigenvalue weighted by atomic mass is 10.1. The average molecular weight is 511 g/mol. The summed E-state index contributed by atoms with van der Waals surface area (Å²) in [6.07, 6.45) is -7.21. The lowest BCUT2D eigenvalue weighted by Gasteiger charge is -2.14. The first-order valence-corrected chi connectivity index (χ1v) is 10.9. The molecule has 1 amide bonds. The highest BCUT2D eigenvalue weighted by atomic mass is 32.2. The summed E-state index contributed by atoms with van der Waals surface area (Å²) in [5, 5.41) is 7.35. The first-order chi connectivity index (χ1) is 16.5. The molecule has 2 aromatic heterocycles. The zero-order valence-electron chi connectivity index (χ0n) is 17.6. The van der Waals surface area contributed by atoms with Gasteiger partial charge < -0.3 is 5.32 Å². The van der Waals surface area contributed by atoms with Gasteiger partial charge in [-0.1, -0.05) is 42.1 Å². The number of thioether (sulfide) groups is 1. The van der Waals surface area contributed by atoms with Crippen LogP contribution in [0.5, 0.6) is 0 Å². The summed E-state index contributed by atoms with van der Waals surface area (Å²) in [6.45, 7) is 0.447. The molecule has 1 N–H and O–H groups in total. The minimum Gasteiger partial charge on any atom is -0.325 e. The number of alkyl halides is 6. The van der Waals surface area contributed by atoms with Crippen molar-refractivity contribution in [3.8, 4) is 0 Å². The van der Waals surface area contributed by atoms with Crippen molar-refractivity contribution >= 4 is 34.4 Å². The lowest BCUT2D eigenvalue weighted by Crippen LogP contribution is -2.17. The molecule has 182 valence electrons. The maximum atomic E-state index is 13.0. The topological polar surface area (TPSA) is 72.7 Å². The van der Waals surface area contributed by atoms with Crippen LogP contribution in [0.25, 0.3) is 11.0 Å². The zero-order chi connectivity index (χ0) is 25.2. The van der Waals surface area contributed by atoms with E-state index in [1.165, 1.54) is 12.5 Å². The van der Waals surface area contributed by atoms with Crippen LogP contribution in [0.15, 0.2) is 66.1 Å². The van der Waals surface area contributed by atoms with E-state index in [4.69, 9.17) is 0 Å². The van der Waals surface area contributed by atoms with E-state index in [9.17, 15) is 31.1 Å². The van der Waals surface area contributed by atoms with Gasteiger partial charge in [0.2, 0.25) is 5.91 Å². The summed E-state index contributed by atoms with van der Waals surface area (Å²) in [5.74, 6) is -1.11. The Hall–Kier alpha value is -3.61. The van der Waals surface area contributed by atoms with Crippen LogP contribution >= 0.6 is 11.8 Å². The van der Waals surface area contributed by atoms with E-state index in [0.29, 0.717) is 34.7 Å². The molecule has 0 fully saturated rings. The molecule has 0 bridgehead atoms. The second-order valence-corrected chi connectivity index (χ2v) is 8.30. The number of hydrogen-bond acceptors (Lipinski definition) is 5. The number of hydrogen-bond donors (Lipinski definition) is 1. The molecule has 0 unspecified atom stereocenters. The molecule has 4 rings (SSSR count). The SMILES string of the molecule is O=C(CSc1ncnc2c1cnn2Cc1ccccc1)Nc1cc(C(F)(F)F)cc(C(F)(F)F)c1. The van der Waals surface area contributed by atoms with Crippen molar-refractivity contribution in [3.05, 3.63) is 77.7 Å². The van der Waals surface area contributed by atoms with Crippen molar-refractivity contribution in [1.82, 2.24) is 19.7 Å². The zero-order valence-corrected chi connectivity index (χ0v) is 18.4. The van der Waals surface area contributed by atoms with Gasteiger partial charge in [-0.25, -0.2) is 14.6 Å². The number of nitrogens with one attached hydrogen (secondary N) is 1. The Morgan fingerprint density at radius 1 is 0.943 bits per heavy atom. The van der Waals surface area contributed by atoms with Gasteiger partial charge in [0.1, 0.15) is 11.4 Å². The number of halogens is 6. The number of amides is 1. The molecule has 35 heavy (non-hydrogen) atoms. The van der Waals surface area contributed by atoms with E-state index in [1.54, 1.807) is 4.68 Å². The summed E-state index contributed by atoms with van der Waals surface area (Å²) in [7, 11) is 0. The van der Waals surface area contributed by atoms with Gasteiger partial charge in [0.25, 0.3) is 0 Å². The number of carbonyl (C=O) groups excluding carboxylic acids is 1. The van der Waals surface area contributed by atoms with Crippen LogP contribution in [0.3, 0.4) is 0 Å². The largest absolute Gasteiger partial charge is 0.416 e. The summed E-state index contributed by atoms with van der Waals surface area (Å²) in [5.41, 5.74) is -2.14. The molecule has 13 heteroatoms. The molecule has 0 spiro atoms. The fourth-order valence-corrected chi connectivity index (χ4v) is 3.98. The van der Waals surface area contributed by atoms with Crippen LogP contribution in [-0.4, -0.2) is 31.4 Å². The molecule has 6 nitrogen and oxygen atoms in total. The van der Waals surface area contributed by atoms with Crippen LogP contribution < -0.4 is 5.32 Å². The highest BCUT2D eigenvalue weighted by molar-refractivity contribution is 8.00. The molecule has 2 heterocycles. The number of fused-ring (bicyclic) bond motifs is 1. The fourth-order valence-electron chi connectivity index (χ4n) is 3.22. The van der Waals surface area contributed by atoms with Crippen LogP contribution in [0, 0.1) is 0 Å². The first kappa shape index (κ1) is 24.5. The van der Waals surface area contributed by atoms with Crippen molar-refractivity contribution in [2.24, 2.45) is 0 Å². The summed E-state index contributed by atoms with van der Waals surface area (Å²) in [6, 6.07) is 10.4. The maximum absolute atomic E-state index is 13.0. The molecule has 0 saturated carbocycles. The first-order valence-electron chi connectivity index (χ1n) is 9.93. The molecule has 0 atom stereocenters. The molecule has 2 aromatic carbocycles. The van der Waals surface area contributed by atoms with Crippen LogP contribution in [0.4, 0.5) is 32.0 Å². The molecule has 0 aliphatic rings. The monoisotopic (exact) mass is 511 g/mol. The van der Waals surface area contributed by atoms with Crippen molar-refractivity contribution in [2.75, 3.05) is 11.1 Å². The summed E-state index contributed by atoms with van der Waals surface area (Å²) < 4.78 is 79.8. The number of nitrogens with zero attached hydrogens (tertiary/aromatic N) is 4. The van der Waals surface area contributed by atoms with Crippen LogP contribution in [-0.2, 0) is 23.7 Å². The Bertz CT molecular complexity index is 1320. The predicted octanol–water partition coefficient (Wildman–Crippen LogP) is 5.64. The second-order valence-electron chi connectivity index (χ2n) is 7.34. The number of rotatable bonds is 6. The molecule has 0 aliphatic carbocycles. The van der Waals surface area contributed by atoms with Gasteiger partial charge >= 0.3 is 12.4 Å². The van der Waals surface area contributed by atoms with E-state index < -0.39 is 35.1 Å². The number of anilines is 1. The standard InChI is InChI=1S/C22H15F6N5OS/c23-21(24,25)14-6-15(22(26,27)28)8-16(7-14)32-18(34)11-35-20-17-9-31-33(19(17)29-12-30-20)10-13-4-2-1-3-5-13/h1-9,12H,10-11H2,(H,32,34). The normalized spacial score (nSPS) is 12.2. The Kier molecular flexibility index (Phi) is 6.70. The van der Waals surface area contributed by atoms with Gasteiger partial charge in [0, 0.05) is 5.69 Å². The fraction of sp³-hybridized carbons (Fsp3) is 0.182. The lowest BCUT2D eigenvalue weighted by molar-refractivity contribution is -0.143. The van der Waals surface area contributed by atoms with Gasteiger partial charge in [0.15, 0.2) is 5.65 Å². The molecule has 4 aromatic rings. The van der Waals surface area contributed by atoms with Crippen molar-refractivity contribution in [3.63, 3.8) is 0 Å². The predicted molar refractivity (Wildman–Crippen MR) is 117 cm³/mol. The summed E-state index contributed by atoms with van der Waals surface area (Å²) >= 11 is 0.955. The highest BCUT2D eigenvalue weighted by Gasteiger charge is 2.37. The van der Waals surface area contributed by atoms with Gasteiger partial charge in [0.05, 0.1) is 35.0 Å². The Labute approximate surface area is 198 Å². The third-order valence-electron chi connectivity index (χ3n) is 4.78. The average Bonchev–Trinajstić information content (AvgIpc) is 3.20. The summed E-state index contributed by atoms with van der Waals surface area (Å²) in [4.78, 5) is 20.7. The highest BCUT2D eigenvalue weighted by Crippen LogP contribution is 2.37. The van der Waals surface area contributed by atoms with Gasteiger partial charge in [-0.05, 0) is 23.8 Å². The van der Waals surface area contributed by atoms with E-state index in [1.807, 2.05) is 30.3 Å². The third kappa shape index (κ3) is 5.91. The molecular weight excluding hydrogens is 496 g/mol. The van der Waals surface area contributed by atoms with Crippen LogP contribution in [0.2, 0.25) is 0 Å². The van der Waals surface area contributed by atoms with E-state index in [-0.39, 0.29) is 11.8 Å². The number of benzene rings is 2. The van der Waals surface area contributed by atoms with E-state index >= 15 is 0 Å². The molecule has 0 saturated heterocycles. The van der Waals surface area contributed by atoms with E-state index in [2.05, 4.69) is 20.4 Å². The Balaban J connectivity index is 1.49. The minimum absolute atomic E-state index is 0.00483. The minimum atomic E-state index is -5.01. The van der Waals surface area contributed by atoms with Crippen molar-refractivity contribution in [2.45, 2.75) is 23.9 Å². The van der Waals surface area contributed by atoms with Crippen LogP contribution in [0.1, 0.15) is 16.7 Å². The van der Waals surface area contributed by atoms with Gasteiger partial charge in [-0.3, -0.25) is 4.79 Å². The van der Waals surface area contributed by atoms with Gasteiger partial charge in [-0.15, -0.1) is 0 Å². The van der Waals surface area contributed by atoms with E-state index in [0.717, 1.165) is 17.3 Å². The maximum Gasteiger partial charge on any atom is 0.416 e. The third-order valence-corrected chi connectivity index (χ3v) is 5.79. The second kappa shape index (κ2) is 9.56.